The lowest BCUT2D eigenvalue weighted by molar-refractivity contribution is 0.102. The molecule has 0 spiro atoms. The summed E-state index contributed by atoms with van der Waals surface area (Å²) in [5.41, 5.74) is 2.06. The Balaban J connectivity index is 1.81. The maximum atomic E-state index is 12.6. The number of nitrogens with zero attached hydrogens (tertiary/aromatic N) is 1. The van der Waals surface area contributed by atoms with Crippen molar-refractivity contribution in [2.24, 2.45) is 0 Å². The number of pyridine rings is 1. The summed E-state index contributed by atoms with van der Waals surface area (Å²) in [6, 6.07) is 18.6. The summed E-state index contributed by atoms with van der Waals surface area (Å²) in [6.45, 7) is 0. The van der Waals surface area contributed by atoms with Gasteiger partial charge in [-0.25, -0.2) is 4.98 Å². The number of halogens is 2. The van der Waals surface area contributed by atoms with E-state index in [-0.39, 0.29) is 5.91 Å². The maximum Gasteiger partial charge on any atom is 0.259 e. The molecule has 0 atom stereocenters. The number of benzene rings is 2. The van der Waals surface area contributed by atoms with Crippen LogP contribution in [0.15, 0.2) is 75.8 Å². The Bertz CT molecular complexity index is 849. The molecule has 6 heteroatoms. The molecule has 1 amide bonds. The SMILES string of the molecule is O=C(Nc1ccc(Br)cc1)c1cccnc1Nc1ccc(Br)cc1. The molecule has 120 valence electrons. The highest BCUT2D eigenvalue weighted by molar-refractivity contribution is 9.10. The highest BCUT2D eigenvalue weighted by Crippen LogP contribution is 2.22. The molecule has 3 aromatic rings. The van der Waals surface area contributed by atoms with Crippen LogP contribution >= 0.6 is 31.9 Å². The molecular formula is C18H13Br2N3O. The van der Waals surface area contributed by atoms with Crippen molar-refractivity contribution in [2.75, 3.05) is 10.6 Å². The van der Waals surface area contributed by atoms with Crippen LogP contribution in [0.25, 0.3) is 0 Å². The van der Waals surface area contributed by atoms with Gasteiger partial charge in [-0.05, 0) is 60.7 Å². The third kappa shape index (κ3) is 4.21. The van der Waals surface area contributed by atoms with Crippen molar-refractivity contribution < 1.29 is 4.79 Å². The smallest absolute Gasteiger partial charge is 0.259 e. The zero-order valence-corrected chi connectivity index (χ0v) is 15.6. The van der Waals surface area contributed by atoms with Gasteiger partial charge in [0, 0.05) is 26.5 Å². The fourth-order valence-corrected chi connectivity index (χ4v) is 2.62. The average molecular weight is 447 g/mol. The Labute approximate surface area is 156 Å². The summed E-state index contributed by atoms with van der Waals surface area (Å²) in [5, 5.41) is 6.05. The molecule has 0 aliphatic rings. The zero-order chi connectivity index (χ0) is 16.9. The van der Waals surface area contributed by atoms with E-state index in [0.29, 0.717) is 11.4 Å². The number of amides is 1. The quantitative estimate of drug-likeness (QED) is 0.548. The molecule has 2 N–H and O–H groups in total. The first-order valence-electron chi connectivity index (χ1n) is 7.16. The van der Waals surface area contributed by atoms with Gasteiger partial charge in [-0.15, -0.1) is 0 Å². The molecule has 1 heterocycles. The largest absolute Gasteiger partial charge is 0.340 e. The topological polar surface area (TPSA) is 54.0 Å². The number of nitrogens with one attached hydrogen (secondary N) is 2. The van der Waals surface area contributed by atoms with Crippen LogP contribution in [0.5, 0.6) is 0 Å². The van der Waals surface area contributed by atoms with Crippen molar-refractivity contribution in [2.45, 2.75) is 0 Å². The van der Waals surface area contributed by atoms with Crippen molar-refractivity contribution >= 4 is 55.0 Å². The lowest BCUT2D eigenvalue weighted by Gasteiger charge is -2.11. The Morgan fingerprint density at radius 2 is 1.42 bits per heavy atom. The number of carbonyl (C=O) groups is 1. The van der Waals surface area contributed by atoms with Crippen molar-refractivity contribution in [3.63, 3.8) is 0 Å². The molecule has 0 radical (unpaired) electrons. The van der Waals surface area contributed by atoms with Crippen molar-refractivity contribution in [1.82, 2.24) is 4.98 Å². The summed E-state index contributed by atoms with van der Waals surface area (Å²) in [6.07, 6.45) is 1.65. The van der Waals surface area contributed by atoms with Crippen molar-refractivity contribution in [3.05, 3.63) is 81.4 Å². The molecule has 2 aromatic carbocycles. The van der Waals surface area contributed by atoms with Crippen LogP contribution in [0.2, 0.25) is 0 Å². The Morgan fingerprint density at radius 3 is 2.04 bits per heavy atom. The minimum absolute atomic E-state index is 0.218. The van der Waals surface area contributed by atoms with Gasteiger partial charge in [0.2, 0.25) is 0 Å². The summed E-state index contributed by atoms with van der Waals surface area (Å²) in [7, 11) is 0. The van der Waals surface area contributed by atoms with E-state index in [1.807, 2.05) is 48.5 Å². The van der Waals surface area contributed by atoms with Crippen LogP contribution in [0, 0.1) is 0 Å². The fourth-order valence-electron chi connectivity index (χ4n) is 2.09. The summed E-state index contributed by atoms with van der Waals surface area (Å²) < 4.78 is 1.95. The number of anilines is 3. The normalized spacial score (nSPS) is 10.2. The summed E-state index contributed by atoms with van der Waals surface area (Å²) in [4.78, 5) is 16.8. The average Bonchev–Trinajstić information content (AvgIpc) is 2.59. The van der Waals surface area contributed by atoms with E-state index in [1.165, 1.54) is 0 Å². The predicted octanol–water partition coefficient (Wildman–Crippen LogP) is 5.60. The molecule has 4 nitrogen and oxygen atoms in total. The second-order valence-corrected chi connectivity index (χ2v) is 6.82. The first-order valence-corrected chi connectivity index (χ1v) is 8.75. The van der Waals surface area contributed by atoms with Gasteiger partial charge in [-0.3, -0.25) is 4.79 Å². The van der Waals surface area contributed by atoms with Crippen LogP contribution in [-0.4, -0.2) is 10.9 Å². The van der Waals surface area contributed by atoms with E-state index in [0.717, 1.165) is 20.3 Å². The Kier molecular flexibility index (Phi) is 5.27. The summed E-state index contributed by atoms with van der Waals surface area (Å²) in [5.74, 6) is 0.291. The standard InChI is InChI=1S/C18H13Br2N3O/c19-12-3-7-14(8-4-12)22-17-16(2-1-11-21-17)18(24)23-15-9-5-13(20)6-10-15/h1-11H,(H,21,22)(H,23,24). The predicted molar refractivity (Wildman–Crippen MR) is 104 cm³/mol. The third-order valence-electron chi connectivity index (χ3n) is 3.26. The van der Waals surface area contributed by atoms with Gasteiger partial charge in [-0.1, -0.05) is 31.9 Å². The summed E-state index contributed by atoms with van der Waals surface area (Å²) >= 11 is 6.77. The van der Waals surface area contributed by atoms with Crippen LogP contribution < -0.4 is 10.6 Å². The Morgan fingerprint density at radius 1 is 0.833 bits per heavy atom. The van der Waals surface area contributed by atoms with Gasteiger partial charge in [-0.2, -0.15) is 0 Å². The van der Waals surface area contributed by atoms with Gasteiger partial charge < -0.3 is 10.6 Å². The Hall–Kier alpha value is -2.18. The molecule has 0 bridgehead atoms. The first kappa shape index (κ1) is 16.7. The molecule has 0 fully saturated rings. The maximum absolute atomic E-state index is 12.6. The van der Waals surface area contributed by atoms with Gasteiger partial charge in [0.05, 0.1) is 5.56 Å². The lowest BCUT2D eigenvalue weighted by atomic mass is 10.2. The molecule has 0 saturated heterocycles. The molecule has 3 rings (SSSR count). The van der Waals surface area contributed by atoms with Crippen LogP contribution in [-0.2, 0) is 0 Å². The number of aromatic nitrogens is 1. The van der Waals surface area contributed by atoms with E-state index in [2.05, 4.69) is 47.5 Å². The molecule has 0 aliphatic heterocycles. The van der Waals surface area contributed by atoms with Crippen molar-refractivity contribution in [1.29, 1.82) is 0 Å². The number of hydrogen-bond donors (Lipinski definition) is 2. The molecule has 0 aliphatic carbocycles. The van der Waals surface area contributed by atoms with Gasteiger partial charge in [0.15, 0.2) is 0 Å². The van der Waals surface area contributed by atoms with Crippen molar-refractivity contribution in [3.8, 4) is 0 Å². The van der Waals surface area contributed by atoms with E-state index in [1.54, 1.807) is 18.3 Å². The highest BCUT2D eigenvalue weighted by atomic mass is 79.9. The van der Waals surface area contributed by atoms with E-state index >= 15 is 0 Å². The second-order valence-electron chi connectivity index (χ2n) is 4.99. The van der Waals surface area contributed by atoms with E-state index < -0.39 is 0 Å². The number of hydrogen-bond acceptors (Lipinski definition) is 3. The van der Waals surface area contributed by atoms with E-state index in [4.69, 9.17) is 0 Å². The number of carbonyl (C=O) groups excluding carboxylic acids is 1. The fraction of sp³-hybridized carbons (Fsp3) is 0. The minimum Gasteiger partial charge on any atom is -0.340 e. The first-order chi connectivity index (χ1) is 11.6. The van der Waals surface area contributed by atoms with Gasteiger partial charge >= 0.3 is 0 Å². The van der Waals surface area contributed by atoms with Crippen LogP contribution in [0.4, 0.5) is 17.2 Å². The van der Waals surface area contributed by atoms with Gasteiger partial charge in [0.1, 0.15) is 5.82 Å². The minimum atomic E-state index is -0.218. The molecular weight excluding hydrogens is 434 g/mol. The zero-order valence-electron chi connectivity index (χ0n) is 12.5. The molecule has 0 unspecified atom stereocenters. The third-order valence-corrected chi connectivity index (χ3v) is 4.32. The van der Waals surface area contributed by atoms with E-state index in [9.17, 15) is 4.79 Å². The number of rotatable bonds is 4. The lowest BCUT2D eigenvalue weighted by Crippen LogP contribution is -2.14. The molecule has 24 heavy (non-hydrogen) atoms. The van der Waals surface area contributed by atoms with Gasteiger partial charge in [0.25, 0.3) is 5.91 Å². The molecule has 1 aromatic heterocycles. The van der Waals surface area contributed by atoms with Crippen LogP contribution in [0.1, 0.15) is 10.4 Å². The second kappa shape index (κ2) is 7.59. The molecule has 0 saturated carbocycles. The highest BCUT2D eigenvalue weighted by Gasteiger charge is 2.12. The monoisotopic (exact) mass is 445 g/mol. The van der Waals surface area contributed by atoms with Crippen LogP contribution in [0.3, 0.4) is 0 Å².